The minimum Gasteiger partial charge on any atom is -0.462 e. The van der Waals surface area contributed by atoms with Crippen molar-refractivity contribution in [2.24, 2.45) is 11.8 Å². The highest BCUT2D eigenvalue weighted by Gasteiger charge is 2.19. The Kier molecular flexibility index (Phi) is 45.7. The number of hydrogen-bond donors (Lipinski definition) is 0. The van der Waals surface area contributed by atoms with Crippen LogP contribution in [-0.2, 0) is 28.6 Å². The van der Waals surface area contributed by atoms with Crippen LogP contribution in [0.2, 0.25) is 0 Å². The third kappa shape index (κ3) is 45.9. The van der Waals surface area contributed by atoms with Crippen molar-refractivity contribution < 1.29 is 28.6 Å². The molecule has 0 rings (SSSR count). The van der Waals surface area contributed by atoms with Gasteiger partial charge in [-0.25, -0.2) is 0 Å². The Bertz CT molecular complexity index is 918. The highest BCUT2D eigenvalue weighted by atomic mass is 16.6. The highest BCUT2D eigenvalue weighted by Crippen LogP contribution is 2.18. The minimum absolute atomic E-state index is 0.0645. The van der Waals surface area contributed by atoms with Crippen molar-refractivity contribution in [1.29, 1.82) is 0 Å². The summed E-state index contributed by atoms with van der Waals surface area (Å²) in [6.45, 7) is 11.4. The Hall–Kier alpha value is -1.59. The Morgan fingerprint density at radius 3 is 0.950 bits per heavy atom. The average Bonchev–Trinajstić information content (AvgIpc) is 3.23. The number of carbonyl (C=O) groups excluding carboxylic acids is 3. The van der Waals surface area contributed by atoms with E-state index in [1.54, 1.807) is 0 Å². The van der Waals surface area contributed by atoms with Gasteiger partial charge in [0.05, 0.1) is 0 Å². The molecule has 0 bridgehead atoms. The predicted molar refractivity (Wildman–Crippen MR) is 256 cm³/mol. The lowest BCUT2D eigenvalue weighted by atomic mass is 9.99. The van der Waals surface area contributed by atoms with Gasteiger partial charge in [-0.05, 0) is 31.1 Å². The molecular formula is C54H104O6. The fraction of sp³-hybridized carbons (Fsp3) is 0.944. The van der Waals surface area contributed by atoms with E-state index in [1.165, 1.54) is 186 Å². The zero-order valence-electron chi connectivity index (χ0n) is 41.1. The smallest absolute Gasteiger partial charge is 0.306 e. The van der Waals surface area contributed by atoms with Crippen molar-refractivity contribution in [3.8, 4) is 0 Å². The summed E-state index contributed by atoms with van der Waals surface area (Å²) < 4.78 is 16.8. The lowest BCUT2D eigenvalue weighted by molar-refractivity contribution is -0.167. The molecule has 60 heavy (non-hydrogen) atoms. The van der Waals surface area contributed by atoms with Gasteiger partial charge in [-0.3, -0.25) is 14.4 Å². The molecular weight excluding hydrogens is 745 g/mol. The lowest BCUT2D eigenvalue weighted by Crippen LogP contribution is -2.30. The van der Waals surface area contributed by atoms with Gasteiger partial charge in [0.1, 0.15) is 13.2 Å². The normalized spacial score (nSPS) is 12.5. The average molecular weight is 849 g/mol. The van der Waals surface area contributed by atoms with E-state index in [9.17, 15) is 14.4 Å². The predicted octanol–water partition coefficient (Wildman–Crippen LogP) is 17.3. The summed E-state index contributed by atoms with van der Waals surface area (Å²) in [5.41, 5.74) is 0. The molecule has 0 amide bonds. The van der Waals surface area contributed by atoms with Crippen LogP contribution in [0.3, 0.4) is 0 Å². The molecule has 0 aromatic rings. The second kappa shape index (κ2) is 46.9. The van der Waals surface area contributed by atoms with Crippen LogP contribution in [-0.4, -0.2) is 37.2 Å². The van der Waals surface area contributed by atoms with Crippen LogP contribution >= 0.6 is 0 Å². The van der Waals surface area contributed by atoms with E-state index in [2.05, 4.69) is 34.6 Å². The zero-order valence-corrected chi connectivity index (χ0v) is 41.1. The summed E-state index contributed by atoms with van der Waals surface area (Å²) in [4.78, 5) is 37.9. The maximum atomic E-state index is 12.7. The van der Waals surface area contributed by atoms with E-state index in [4.69, 9.17) is 14.2 Å². The van der Waals surface area contributed by atoms with E-state index < -0.39 is 6.10 Å². The summed E-state index contributed by atoms with van der Waals surface area (Å²) in [7, 11) is 0. The van der Waals surface area contributed by atoms with Crippen LogP contribution in [0.25, 0.3) is 0 Å². The summed E-state index contributed by atoms with van der Waals surface area (Å²) in [6.07, 6.45) is 48.1. The molecule has 1 unspecified atom stereocenters. The molecule has 356 valence electrons. The van der Waals surface area contributed by atoms with Gasteiger partial charge in [0.2, 0.25) is 0 Å². The zero-order chi connectivity index (χ0) is 44.0. The van der Waals surface area contributed by atoms with Crippen LogP contribution in [0, 0.1) is 11.8 Å². The van der Waals surface area contributed by atoms with Gasteiger partial charge in [-0.2, -0.15) is 0 Å². The molecule has 0 radical (unpaired) electrons. The number of rotatable bonds is 48. The van der Waals surface area contributed by atoms with Gasteiger partial charge < -0.3 is 14.2 Å². The van der Waals surface area contributed by atoms with Gasteiger partial charge in [0, 0.05) is 19.3 Å². The quantitative estimate of drug-likeness (QED) is 0.0345. The molecule has 0 saturated carbocycles. The van der Waals surface area contributed by atoms with Crippen molar-refractivity contribution in [2.45, 2.75) is 304 Å². The Morgan fingerprint density at radius 2 is 0.633 bits per heavy atom. The molecule has 0 N–H and O–H groups in total. The number of ether oxygens (including phenoxy) is 3. The Labute approximate surface area is 374 Å². The molecule has 0 saturated heterocycles. The Balaban J connectivity index is 4.22. The van der Waals surface area contributed by atoms with E-state index in [0.717, 1.165) is 69.6 Å². The lowest BCUT2D eigenvalue weighted by Gasteiger charge is -2.18. The second-order valence-corrected chi connectivity index (χ2v) is 19.2. The third-order valence-electron chi connectivity index (χ3n) is 12.6. The first-order chi connectivity index (χ1) is 29.3. The van der Waals surface area contributed by atoms with Crippen LogP contribution in [0.15, 0.2) is 0 Å². The van der Waals surface area contributed by atoms with Crippen LogP contribution < -0.4 is 0 Å². The first-order valence-corrected chi connectivity index (χ1v) is 26.8. The monoisotopic (exact) mass is 849 g/mol. The standard InChI is InChI=1S/C54H104O6/c1-6-8-9-10-11-12-13-14-15-19-22-25-28-34-39-44-52(55)58-47-51(60-54(57)46-41-36-31-30-32-37-42-49(3)4)48-59-53(56)45-40-35-29-26-23-20-17-16-18-21-24-27-33-38-43-50(5)7-2/h49-51H,6-48H2,1-5H3/t50?,51-/m1/s1. The molecule has 0 aliphatic heterocycles. The van der Waals surface area contributed by atoms with Crippen molar-refractivity contribution in [1.82, 2.24) is 0 Å². The second-order valence-electron chi connectivity index (χ2n) is 19.2. The number of carbonyl (C=O) groups is 3. The number of unbranched alkanes of at least 4 members (excludes halogenated alkanes) is 32. The van der Waals surface area contributed by atoms with E-state index in [1.807, 2.05) is 0 Å². The van der Waals surface area contributed by atoms with Crippen LogP contribution in [0.4, 0.5) is 0 Å². The molecule has 0 aromatic heterocycles. The summed E-state index contributed by atoms with van der Waals surface area (Å²) >= 11 is 0. The molecule has 0 aliphatic rings. The van der Waals surface area contributed by atoms with Crippen LogP contribution in [0.1, 0.15) is 298 Å². The first kappa shape index (κ1) is 58.4. The Morgan fingerprint density at radius 1 is 0.350 bits per heavy atom. The largest absolute Gasteiger partial charge is 0.462 e. The highest BCUT2D eigenvalue weighted by molar-refractivity contribution is 5.71. The van der Waals surface area contributed by atoms with Gasteiger partial charge in [-0.1, -0.05) is 259 Å². The fourth-order valence-corrected chi connectivity index (χ4v) is 8.13. The number of esters is 3. The van der Waals surface area contributed by atoms with E-state index in [-0.39, 0.29) is 31.1 Å². The van der Waals surface area contributed by atoms with Gasteiger partial charge in [0.25, 0.3) is 0 Å². The number of hydrogen-bond acceptors (Lipinski definition) is 6. The SMILES string of the molecule is CCCCCCCCCCCCCCCCCC(=O)OC[C@H](COC(=O)CCCCCCCCCCCCCCCCC(C)CC)OC(=O)CCCCCCCCC(C)C. The molecule has 0 aliphatic carbocycles. The summed E-state index contributed by atoms with van der Waals surface area (Å²) in [6, 6.07) is 0. The van der Waals surface area contributed by atoms with Crippen molar-refractivity contribution in [3.05, 3.63) is 0 Å². The minimum atomic E-state index is -0.762. The van der Waals surface area contributed by atoms with Crippen molar-refractivity contribution in [2.75, 3.05) is 13.2 Å². The molecule has 2 atom stereocenters. The van der Waals surface area contributed by atoms with Crippen LogP contribution in [0.5, 0.6) is 0 Å². The molecule has 6 nitrogen and oxygen atoms in total. The van der Waals surface area contributed by atoms with Gasteiger partial charge in [0.15, 0.2) is 6.10 Å². The first-order valence-electron chi connectivity index (χ1n) is 26.8. The molecule has 6 heteroatoms. The molecule has 0 fully saturated rings. The van der Waals surface area contributed by atoms with Gasteiger partial charge >= 0.3 is 17.9 Å². The topological polar surface area (TPSA) is 78.9 Å². The van der Waals surface area contributed by atoms with Gasteiger partial charge in [-0.15, -0.1) is 0 Å². The van der Waals surface area contributed by atoms with E-state index >= 15 is 0 Å². The summed E-state index contributed by atoms with van der Waals surface area (Å²) in [5, 5.41) is 0. The van der Waals surface area contributed by atoms with Crippen molar-refractivity contribution in [3.63, 3.8) is 0 Å². The fourth-order valence-electron chi connectivity index (χ4n) is 8.13. The van der Waals surface area contributed by atoms with E-state index in [0.29, 0.717) is 19.3 Å². The molecule has 0 heterocycles. The molecule has 0 spiro atoms. The third-order valence-corrected chi connectivity index (χ3v) is 12.6. The summed E-state index contributed by atoms with van der Waals surface area (Å²) in [5.74, 6) is 0.803. The maximum absolute atomic E-state index is 12.7. The van der Waals surface area contributed by atoms with Crippen molar-refractivity contribution >= 4 is 17.9 Å². The molecule has 0 aromatic carbocycles. The maximum Gasteiger partial charge on any atom is 0.306 e.